The highest BCUT2D eigenvalue weighted by Gasteiger charge is 2.24. The maximum atomic E-state index is 12.2. The molecule has 0 spiro atoms. The third-order valence-electron chi connectivity index (χ3n) is 3.51. The lowest BCUT2D eigenvalue weighted by Gasteiger charge is -2.11. The van der Waals surface area contributed by atoms with E-state index in [4.69, 9.17) is 14.2 Å². The number of benzene rings is 2. The highest BCUT2D eigenvalue weighted by molar-refractivity contribution is 14.1. The fourth-order valence-corrected chi connectivity index (χ4v) is 3.35. The van der Waals surface area contributed by atoms with Crippen molar-refractivity contribution in [3.05, 3.63) is 61.3 Å². The summed E-state index contributed by atoms with van der Waals surface area (Å²) in [5.74, 6) is -0.0171. The van der Waals surface area contributed by atoms with Crippen LogP contribution in [0.3, 0.4) is 0 Å². The van der Waals surface area contributed by atoms with Crippen LogP contribution in [0.4, 0.5) is 0 Å². The summed E-state index contributed by atoms with van der Waals surface area (Å²) in [4.78, 5) is 27.7. The molecule has 1 aliphatic rings. The average Bonchev–Trinajstić information content (AvgIpc) is 2.98. The van der Waals surface area contributed by atoms with Crippen molar-refractivity contribution in [2.75, 3.05) is 7.11 Å². The van der Waals surface area contributed by atoms with Gasteiger partial charge >= 0.3 is 11.9 Å². The van der Waals surface area contributed by atoms with Gasteiger partial charge in [0.25, 0.3) is 0 Å². The minimum absolute atomic E-state index is 0.172. The first-order valence-electron chi connectivity index (χ1n) is 7.72. The SMILES string of the molecule is COc1cc(/C=C2\N=C(c3ccc(Br)cc3)OC2=O)cc(I)c1OC(C)=O. The Kier molecular flexibility index (Phi) is 5.95. The number of hydrogen-bond donors (Lipinski definition) is 0. The summed E-state index contributed by atoms with van der Waals surface area (Å²) >= 11 is 5.39. The Morgan fingerprint density at radius 1 is 1.26 bits per heavy atom. The average molecular weight is 542 g/mol. The van der Waals surface area contributed by atoms with Crippen molar-refractivity contribution in [3.8, 4) is 11.5 Å². The minimum Gasteiger partial charge on any atom is -0.493 e. The summed E-state index contributed by atoms with van der Waals surface area (Å²) in [7, 11) is 1.48. The molecule has 138 valence electrons. The van der Waals surface area contributed by atoms with Gasteiger partial charge in [-0.2, -0.15) is 0 Å². The molecule has 3 rings (SSSR count). The molecule has 0 unspecified atom stereocenters. The van der Waals surface area contributed by atoms with E-state index in [-0.39, 0.29) is 11.6 Å². The van der Waals surface area contributed by atoms with Crippen LogP contribution in [0.1, 0.15) is 18.1 Å². The van der Waals surface area contributed by atoms with E-state index in [0.29, 0.717) is 26.2 Å². The number of carbonyl (C=O) groups is 2. The van der Waals surface area contributed by atoms with Crippen LogP contribution in [-0.4, -0.2) is 24.9 Å². The van der Waals surface area contributed by atoms with Crippen molar-refractivity contribution < 1.29 is 23.8 Å². The zero-order valence-electron chi connectivity index (χ0n) is 14.3. The molecule has 0 saturated carbocycles. The number of carbonyl (C=O) groups excluding carboxylic acids is 2. The van der Waals surface area contributed by atoms with Crippen LogP contribution in [0, 0.1) is 3.57 Å². The van der Waals surface area contributed by atoms with E-state index in [0.717, 1.165) is 4.47 Å². The van der Waals surface area contributed by atoms with Crippen molar-refractivity contribution in [2.45, 2.75) is 6.92 Å². The summed E-state index contributed by atoms with van der Waals surface area (Å²) < 4.78 is 17.3. The molecule has 2 aromatic carbocycles. The van der Waals surface area contributed by atoms with E-state index in [1.165, 1.54) is 14.0 Å². The van der Waals surface area contributed by atoms with Crippen LogP contribution < -0.4 is 9.47 Å². The number of rotatable bonds is 4. The number of ether oxygens (including phenoxy) is 3. The Morgan fingerprint density at radius 2 is 1.96 bits per heavy atom. The molecule has 0 aromatic heterocycles. The summed E-state index contributed by atoms with van der Waals surface area (Å²) in [6.07, 6.45) is 1.59. The molecule has 0 radical (unpaired) electrons. The fraction of sp³-hybridized carbons (Fsp3) is 0.105. The second kappa shape index (κ2) is 8.22. The molecule has 0 atom stereocenters. The normalized spacial score (nSPS) is 14.7. The molecule has 1 aliphatic heterocycles. The molecule has 0 N–H and O–H groups in total. The van der Waals surface area contributed by atoms with Gasteiger partial charge in [-0.15, -0.1) is 0 Å². The molecule has 0 aliphatic carbocycles. The summed E-state index contributed by atoms with van der Waals surface area (Å²) in [6, 6.07) is 10.7. The van der Waals surface area contributed by atoms with Crippen molar-refractivity contribution in [1.82, 2.24) is 0 Å². The first kappa shape index (κ1) is 19.6. The zero-order chi connectivity index (χ0) is 19.6. The molecule has 0 bridgehead atoms. The number of aliphatic imine (C=N–C) groups is 1. The maximum Gasteiger partial charge on any atom is 0.363 e. The van der Waals surface area contributed by atoms with E-state index in [1.54, 1.807) is 30.3 Å². The van der Waals surface area contributed by atoms with Crippen molar-refractivity contribution >= 4 is 62.4 Å². The topological polar surface area (TPSA) is 74.2 Å². The first-order valence-corrected chi connectivity index (χ1v) is 9.59. The molecule has 0 fully saturated rings. The van der Waals surface area contributed by atoms with Gasteiger partial charge in [0.1, 0.15) is 0 Å². The largest absolute Gasteiger partial charge is 0.493 e. The lowest BCUT2D eigenvalue weighted by Crippen LogP contribution is -2.05. The van der Waals surface area contributed by atoms with Crippen LogP contribution in [0.2, 0.25) is 0 Å². The molecule has 0 saturated heterocycles. The predicted octanol–water partition coefficient (Wildman–Crippen LogP) is 4.33. The number of nitrogens with zero attached hydrogens (tertiary/aromatic N) is 1. The van der Waals surface area contributed by atoms with Gasteiger partial charge < -0.3 is 14.2 Å². The molecule has 1 heterocycles. The second-order valence-corrected chi connectivity index (χ2v) is 7.55. The van der Waals surface area contributed by atoms with Gasteiger partial charge in [0.05, 0.1) is 10.7 Å². The third-order valence-corrected chi connectivity index (χ3v) is 4.84. The lowest BCUT2D eigenvalue weighted by atomic mass is 10.1. The van der Waals surface area contributed by atoms with Crippen molar-refractivity contribution in [2.24, 2.45) is 4.99 Å². The van der Waals surface area contributed by atoms with Crippen molar-refractivity contribution in [3.63, 3.8) is 0 Å². The molecular formula is C19H13BrINO5. The van der Waals surface area contributed by atoms with Gasteiger partial charge in [-0.3, -0.25) is 4.79 Å². The van der Waals surface area contributed by atoms with E-state index < -0.39 is 11.9 Å². The first-order chi connectivity index (χ1) is 12.9. The monoisotopic (exact) mass is 541 g/mol. The Hall–Kier alpha value is -2.20. The Labute approximate surface area is 177 Å². The van der Waals surface area contributed by atoms with Crippen LogP contribution in [0.25, 0.3) is 6.08 Å². The minimum atomic E-state index is -0.536. The zero-order valence-corrected chi connectivity index (χ0v) is 18.0. The fourth-order valence-electron chi connectivity index (χ4n) is 2.35. The lowest BCUT2D eigenvalue weighted by molar-refractivity contribution is -0.132. The van der Waals surface area contributed by atoms with Gasteiger partial charge in [0.15, 0.2) is 17.2 Å². The molecule has 6 nitrogen and oxygen atoms in total. The van der Waals surface area contributed by atoms with Crippen molar-refractivity contribution in [1.29, 1.82) is 0 Å². The Bertz CT molecular complexity index is 982. The number of halogens is 2. The third kappa shape index (κ3) is 4.56. The summed E-state index contributed by atoms with van der Waals surface area (Å²) in [5.41, 5.74) is 1.54. The molecule has 0 amide bonds. The van der Waals surface area contributed by atoms with E-state index in [2.05, 4.69) is 20.9 Å². The van der Waals surface area contributed by atoms with Crippen LogP contribution >= 0.6 is 38.5 Å². The van der Waals surface area contributed by atoms with Gasteiger partial charge in [0.2, 0.25) is 5.90 Å². The van der Waals surface area contributed by atoms with E-state index in [1.807, 2.05) is 34.7 Å². The highest BCUT2D eigenvalue weighted by atomic mass is 127. The van der Waals surface area contributed by atoms with Crippen LogP contribution in [0.15, 0.2) is 51.6 Å². The van der Waals surface area contributed by atoms with Gasteiger partial charge in [-0.05, 0) is 70.6 Å². The molecule has 27 heavy (non-hydrogen) atoms. The number of cyclic esters (lactones) is 1. The number of methoxy groups -OCH3 is 1. The molecule has 8 heteroatoms. The maximum absolute atomic E-state index is 12.2. The highest BCUT2D eigenvalue weighted by Crippen LogP contribution is 2.35. The Morgan fingerprint density at radius 3 is 2.59 bits per heavy atom. The quantitative estimate of drug-likeness (QED) is 0.249. The summed E-state index contributed by atoms with van der Waals surface area (Å²) in [5, 5.41) is 0. The molecular weight excluding hydrogens is 529 g/mol. The standard InChI is InChI=1S/C19H13BrINO5/c1-10(23)26-17-14(21)7-11(9-16(17)25-2)8-15-19(24)27-18(22-15)12-3-5-13(20)6-4-12/h3-9H,1-2H3/b15-8-. The van der Waals surface area contributed by atoms with Gasteiger partial charge in [0, 0.05) is 17.0 Å². The number of esters is 2. The number of hydrogen-bond acceptors (Lipinski definition) is 6. The van der Waals surface area contributed by atoms with E-state index in [9.17, 15) is 9.59 Å². The van der Waals surface area contributed by atoms with Crippen LogP contribution in [0.5, 0.6) is 11.5 Å². The Balaban J connectivity index is 1.96. The second-order valence-electron chi connectivity index (χ2n) is 5.47. The summed E-state index contributed by atoms with van der Waals surface area (Å²) in [6.45, 7) is 1.32. The van der Waals surface area contributed by atoms with Gasteiger partial charge in [-0.1, -0.05) is 15.9 Å². The molecule has 2 aromatic rings. The smallest absolute Gasteiger partial charge is 0.363 e. The van der Waals surface area contributed by atoms with Crippen LogP contribution in [-0.2, 0) is 14.3 Å². The van der Waals surface area contributed by atoms with E-state index >= 15 is 0 Å². The van der Waals surface area contributed by atoms with Gasteiger partial charge in [-0.25, -0.2) is 9.79 Å². The predicted molar refractivity (Wildman–Crippen MR) is 112 cm³/mol.